The summed E-state index contributed by atoms with van der Waals surface area (Å²) in [6, 6.07) is 7.52. The predicted octanol–water partition coefficient (Wildman–Crippen LogP) is 2.49. The number of hydrogen-bond acceptors (Lipinski definition) is 4. The maximum absolute atomic E-state index is 11.2. The average molecular weight is 283 g/mol. The minimum atomic E-state index is -1.10. The number of carbonyl (C=O) groups is 1. The standard InChI is InChI=1S/C15H13N3O3/c1-2-21-12-6-4-3-5-10(12)11-9-18-8-7-16-13(15(19)20)14(18)17-11/h3-9H,2H2,1H3,(H,19,20). The first kappa shape index (κ1) is 13.1. The Morgan fingerprint density at radius 1 is 1.38 bits per heavy atom. The number of nitrogens with zero attached hydrogens (tertiary/aromatic N) is 3. The Hall–Kier alpha value is -2.89. The van der Waals surface area contributed by atoms with Crippen molar-refractivity contribution in [2.75, 3.05) is 6.61 Å². The lowest BCUT2D eigenvalue weighted by Gasteiger charge is -2.07. The summed E-state index contributed by atoms with van der Waals surface area (Å²) in [5, 5.41) is 9.16. The van der Waals surface area contributed by atoms with Crippen molar-refractivity contribution in [2.24, 2.45) is 0 Å². The van der Waals surface area contributed by atoms with Gasteiger partial charge in [-0.2, -0.15) is 0 Å². The van der Waals surface area contributed by atoms with E-state index in [1.165, 1.54) is 6.20 Å². The van der Waals surface area contributed by atoms with Crippen molar-refractivity contribution in [1.82, 2.24) is 14.4 Å². The highest BCUT2D eigenvalue weighted by molar-refractivity contribution is 5.92. The zero-order valence-corrected chi connectivity index (χ0v) is 11.4. The Kier molecular flexibility index (Phi) is 3.27. The van der Waals surface area contributed by atoms with Gasteiger partial charge in [0.25, 0.3) is 0 Å². The van der Waals surface area contributed by atoms with Gasteiger partial charge in [-0.15, -0.1) is 0 Å². The molecule has 3 rings (SSSR count). The minimum absolute atomic E-state index is 0.0716. The molecule has 0 aliphatic rings. The van der Waals surface area contributed by atoms with Gasteiger partial charge in [-0.1, -0.05) is 12.1 Å². The molecule has 0 spiro atoms. The van der Waals surface area contributed by atoms with Gasteiger partial charge in [0.15, 0.2) is 11.3 Å². The minimum Gasteiger partial charge on any atom is -0.493 e. The Bertz CT molecular complexity index is 811. The number of carboxylic acid groups (broad SMARTS) is 1. The lowest BCUT2D eigenvalue weighted by atomic mass is 10.1. The third kappa shape index (κ3) is 2.31. The number of rotatable bonds is 4. The molecule has 21 heavy (non-hydrogen) atoms. The monoisotopic (exact) mass is 283 g/mol. The van der Waals surface area contributed by atoms with Crippen molar-refractivity contribution in [2.45, 2.75) is 6.92 Å². The van der Waals surface area contributed by atoms with E-state index in [2.05, 4.69) is 9.97 Å². The molecule has 106 valence electrons. The van der Waals surface area contributed by atoms with Crippen LogP contribution in [0.1, 0.15) is 17.4 Å². The molecule has 0 fully saturated rings. The molecule has 0 bridgehead atoms. The first-order valence-electron chi connectivity index (χ1n) is 6.50. The Labute approximate surface area is 120 Å². The number of aromatic carboxylic acids is 1. The zero-order valence-electron chi connectivity index (χ0n) is 11.4. The van der Waals surface area contributed by atoms with Crippen molar-refractivity contribution >= 4 is 11.6 Å². The second-order valence-corrected chi connectivity index (χ2v) is 4.37. The SMILES string of the molecule is CCOc1ccccc1-c1cn2ccnc(C(=O)O)c2n1. The van der Waals surface area contributed by atoms with Gasteiger partial charge in [0.2, 0.25) is 0 Å². The van der Waals surface area contributed by atoms with E-state index >= 15 is 0 Å². The Morgan fingerprint density at radius 3 is 2.95 bits per heavy atom. The number of fused-ring (bicyclic) bond motifs is 1. The van der Waals surface area contributed by atoms with Crippen molar-refractivity contribution in [3.8, 4) is 17.0 Å². The fourth-order valence-electron chi connectivity index (χ4n) is 2.16. The van der Waals surface area contributed by atoms with Crippen molar-refractivity contribution in [3.63, 3.8) is 0 Å². The fraction of sp³-hybridized carbons (Fsp3) is 0.133. The summed E-state index contributed by atoms with van der Waals surface area (Å²) in [7, 11) is 0. The molecule has 0 atom stereocenters. The van der Waals surface area contributed by atoms with Crippen LogP contribution in [0.4, 0.5) is 0 Å². The average Bonchev–Trinajstić information content (AvgIpc) is 2.91. The summed E-state index contributed by atoms with van der Waals surface area (Å²) < 4.78 is 7.23. The molecule has 0 aliphatic carbocycles. The van der Waals surface area contributed by atoms with Gasteiger partial charge in [0, 0.05) is 24.2 Å². The molecule has 2 aromatic heterocycles. The predicted molar refractivity (Wildman–Crippen MR) is 76.6 cm³/mol. The van der Waals surface area contributed by atoms with Crippen LogP contribution in [-0.2, 0) is 0 Å². The van der Waals surface area contributed by atoms with Crippen LogP contribution < -0.4 is 4.74 Å². The van der Waals surface area contributed by atoms with Crippen molar-refractivity contribution < 1.29 is 14.6 Å². The van der Waals surface area contributed by atoms with Gasteiger partial charge < -0.3 is 14.2 Å². The lowest BCUT2D eigenvalue weighted by Crippen LogP contribution is -2.03. The van der Waals surface area contributed by atoms with Gasteiger partial charge in [0.1, 0.15) is 5.75 Å². The van der Waals surface area contributed by atoms with Crippen molar-refractivity contribution in [1.29, 1.82) is 0 Å². The fourth-order valence-corrected chi connectivity index (χ4v) is 2.16. The summed E-state index contributed by atoms with van der Waals surface area (Å²) in [4.78, 5) is 19.4. The summed E-state index contributed by atoms with van der Waals surface area (Å²) in [6.45, 7) is 2.46. The van der Waals surface area contributed by atoms with Crippen LogP contribution in [-0.4, -0.2) is 32.1 Å². The van der Waals surface area contributed by atoms with Crippen LogP contribution in [0.25, 0.3) is 16.9 Å². The number of para-hydroxylation sites is 1. The van der Waals surface area contributed by atoms with E-state index in [-0.39, 0.29) is 5.69 Å². The third-order valence-electron chi connectivity index (χ3n) is 3.04. The molecule has 1 aromatic carbocycles. The molecule has 6 heteroatoms. The van der Waals surface area contributed by atoms with E-state index in [4.69, 9.17) is 9.84 Å². The van der Waals surface area contributed by atoms with Gasteiger partial charge in [0.05, 0.1) is 12.3 Å². The highest BCUT2D eigenvalue weighted by Crippen LogP contribution is 2.29. The molecular weight excluding hydrogens is 270 g/mol. The molecule has 0 saturated carbocycles. The maximum Gasteiger partial charge on any atom is 0.358 e. The van der Waals surface area contributed by atoms with E-state index in [9.17, 15) is 4.79 Å². The van der Waals surface area contributed by atoms with E-state index in [1.54, 1.807) is 16.8 Å². The number of imidazole rings is 1. The molecule has 0 unspecified atom stereocenters. The second-order valence-electron chi connectivity index (χ2n) is 4.37. The topological polar surface area (TPSA) is 76.7 Å². The Balaban J connectivity index is 2.18. The van der Waals surface area contributed by atoms with Crippen LogP contribution in [0.15, 0.2) is 42.9 Å². The van der Waals surface area contributed by atoms with Crippen LogP contribution in [0.2, 0.25) is 0 Å². The molecular formula is C15H13N3O3. The van der Waals surface area contributed by atoms with Crippen LogP contribution in [0, 0.1) is 0 Å². The second kappa shape index (κ2) is 5.24. The molecule has 0 saturated heterocycles. The first-order chi connectivity index (χ1) is 10.2. The Morgan fingerprint density at radius 2 is 2.19 bits per heavy atom. The molecule has 0 amide bonds. The van der Waals surface area contributed by atoms with Crippen LogP contribution in [0.5, 0.6) is 5.75 Å². The zero-order chi connectivity index (χ0) is 14.8. The number of aromatic nitrogens is 3. The van der Waals surface area contributed by atoms with Gasteiger partial charge in [-0.25, -0.2) is 14.8 Å². The largest absolute Gasteiger partial charge is 0.493 e. The smallest absolute Gasteiger partial charge is 0.358 e. The van der Waals surface area contributed by atoms with E-state index in [1.807, 2.05) is 31.2 Å². The van der Waals surface area contributed by atoms with Gasteiger partial charge >= 0.3 is 5.97 Å². The molecule has 0 aliphatic heterocycles. The number of carboxylic acids is 1. The lowest BCUT2D eigenvalue weighted by molar-refractivity contribution is 0.0692. The summed E-state index contributed by atoms with van der Waals surface area (Å²) in [6.07, 6.45) is 4.87. The molecule has 2 heterocycles. The third-order valence-corrected chi connectivity index (χ3v) is 3.04. The number of benzene rings is 1. The number of hydrogen-bond donors (Lipinski definition) is 1. The summed E-state index contributed by atoms with van der Waals surface area (Å²) in [5.41, 5.74) is 1.71. The van der Waals surface area contributed by atoms with Gasteiger partial charge in [-0.05, 0) is 19.1 Å². The normalized spacial score (nSPS) is 10.7. The highest BCUT2D eigenvalue weighted by Gasteiger charge is 2.15. The van der Waals surface area contributed by atoms with E-state index < -0.39 is 5.97 Å². The quantitative estimate of drug-likeness (QED) is 0.796. The summed E-state index contributed by atoms with van der Waals surface area (Å²) in [5.74, 6) is -0.385. The van der Waals surface area contributed by atoms with Crippen LogP contribution >= 0.6 is 0 Å². The number of ether oxygens (including phenoxy) is 1. The van der Waals surface area contributed by atoms with Crippen molar-refractivity contribution in [3.05, 3.63) is 48.5 Å². The molecule has 0 radical (unpaired) electrons. The summed E-state index contributed by atoms with van der Waals surface area (Å²) >= 11 is 0. The highest BCUT2D eigenvalue weighted by atomic mass is 16.5. The first-order valence-corrected chi connectivity index (χ1v) is 6.50. The van der Waals surface area contributed by atoms with E-state index in [0.29, 0.717) is 23.7 Å². The molecule has 1 N–H and O–H groups in total. The van der Waals surface area contributed by atoms with E-state index in [0.717, 1.165) is 5.56 Å². The molecule has 6 nitrogen and oxygen atoms in total. The molecule has 3 aromatic rings. The van der Waals surface area contributed by atoms with Crippen LogP contribution in [0.3, 0.4) is 0 Å². The van der Waals surface area contributed by atoms with Gasteiger partial charge in [-0.3, -0.25) is 0 Å². The maximum atomic E-state index is 11.2.